The van der Waals surface area contributed by atoms with Crippen LogP contribution in [0.4, 0.5) is 0 Å². The molecule has 4 aromatic carbocycles. The molecule has 0 aliphatic carbocycles. The molecule has 0 radical (unpaired) electrons. The molecule has 64 heavy (non-hydrogen) atoms. The zero-order chi connectivity index (χ0) is 45.4. The van der Waals surface area contributed by atoms with Crippen LogP contribution in [-0.2, 0) is 54.8 Å². The topological polar surface area (TPSA) is 154 Å². The molecule has 14 nitrogen and oxygen atoms in total. The van der Waals surface area contributed by atoms with E-state index in [0.29, 0.717) is 25.4 Å². The van der Waals surface area contributed by atoms with Crippen LogP contribution in [-0.4, -0.2) is 128 Å². The number of morpholine rings is 2. The molecule has 0 amide bonds. The molecule has 2 aromatic heterocycles. The van der Waals surface area contributed by atoms with Gasteiger partial charge in [-0.05, 0) is 51.0 Å². The fourth-order valence-corrected chi connectivity index (χ4v) is 7.72. The summed E-state index contributed by atoms with van der Waals surface area (Å²) in [6, 6.07) is 37.7. The van der Waals surface area contributed by atoms with E-state index in [2.05, 4.69) is 144 Å². The lowest BCUT2D eigenvalue weighted by Gasteiger charge is -2.34. The number of carbonyl (C=O) groups is 2. The van der Waals surface area contributed by atoms with Crippen LogP contribution in [0.5, 0.6) is 0 Å². The third-order valence-corrected chi connectivity index (χ3v) is 10.8. The fourth-order valence-electron chi connectivity index (χ4n) is 7.72. The minimum absolute atomic E-state index is 0.234. The highest BCUT2D eigenvalue weighted by Crippen LogP contribution is 2.25. The minimum Gasteiger partial charge on any atom is -0.478 e. The number of hydrogen-bond donors (Lipinski definition) is 2. The molecule has 0 bridgehead atoms. The van der Waals surface area contributed by atoms with Gasteiger partial charge >= 0.3 is 11.9 Å². The second kappa shape index (κ2) is 23.3. The maximum absolute atomic E-state index is 9.55. The second-order valence-electron chi connectivity index (χ2n) is 17.1. The van der Waals surface area contributed by atoms with Crippen LogP contribution < -0.4 is 0 Å². The van der Waals surface area contributed by atoms with Gasteiger partial charge in [-0.15, -0.1) is 0 Å². The summed E-state index contributed by atoms with van der Waals surface area (Å²) in [6.45, 7) is 20.1. The molecule has 2 aliphatic heterocycles. The van der Waals surface area contributed by atoms with E-state index in [9.17, 15) is 9.59 Å². The predicted molar refractivity (Wildman–Crippen MR) is 247 cm³/mol. The normalized spacial score (nSPS) is 15.1. The first-order chi connectivity index (χ1) is 30.8. The van der Waals surface area contributed by atoms with Crippen LogP contribution in [0.25, 0.3) is 21.8 Å². The molecule has 2 N–H and O–H groups in total. The van der Waals surface area contributed by atoms with Crippen LogP contribution in [0.1, 0.15) is 50.2 Å². The largest absolute Gasteiger partial charge is 0.478 e. The lowest BCUT2D eigenvalue weighted by atomic mass is 10.1. The number of benzene rings is 4. The van der Waals surface area contributed by atoms with Crippen molar-refractivity contribution >= 4 is 33.7 Å². The Morgan fingerprint density at radius 2 is 0.906 bits per heavy atom. The number of ether oxygens (including phenoxy) is 4. The lowest BCUT2D eigenvalue weighted by Crippen LogP contribution is -2.45. The number of nitrogens with zero attached hydrogens (tertiary/aromatic N) is 6. The summed E-state index contributed by atoms with van der Waals surface area (Å²) in [7, 11) is 0. The van der Waals surface area contributed by atoms with E-state index in [0.717, 1.165) is 101 Å². The molecule has 8 rings (SSSR count). The van der Waals surface area contributed by atoms with Crippen molar-refractivity contribution in [2.45, 2.75) is 65.2 Å². The zero-order valence-corrected chi connectivity index (χ0v) is 37.5. The van der Waals surface area contributed by atoms with Crippen LogP contribution in [0.3, 0.4) is 0 Å². The van der Waals surface area contributed by atoms with Gasteiger partial charge in [-0.1, -0.05) is 97.1 Å². The van der Waals surface area contributed by atoms with Gasteiger partial charge in [-0.25, -0.2) is 9.59 Å². The van der Waals surface area contributed by atoms with Gasteiger partial charge < -0.3 is 29.2 Å². The van der Waals surface area contributed by atoms with E-state index in [1.54, 1.807) is 0 Å². The Morgan fingerprint density at radius 3 is 1.27 bits per heavy atom. The zero-order valence-electron chi connectivity index (χ0n) is 37.5. The Balaban J connectivity index is 0.000000182. The van der Waals surface area contributed by atoms with Crippen molar-refractivity contribution in [1.29, 1.82) is 0 Å². The summed E-state index contributed by atoms with van der Waals surface area (Å²) >= 11 is 0. The molecule has 0 atom stereocenters. The SMILES string of the molecule is CC(C)(CN1CCOCC1)OCc1nn(Cc2ccccc2)c2ccccc12.CC(C)(CN1CCOCC1)OCc1nn(Cc2ccccc2)c2ccccc12.O=C(O)/C=C\C(=O)O. The van der Waals surface area contributed by atoms with E-state index < -0.39 is 11.9 Å². The Kier molecular flexibility index (Phi) is 17.4. The monoisotopic (exact) mass is 874 g/mol. The average molecular weight is 875 g/mol. The quantitative estimate of drug-likeness (QED) is 0.0952. The lowest BCUT2D eigenvalue weighted by molar-refractivity contribution is -0.134. The van der Waals surface area contributed by atoms with Gasteiger partial charge in [0.1, 0.15) is 0 Å². The second-order valence-corrected chi connectivity index (χ2v) is 17.1. The number of fused-ring (bicyclic) bond motifs is 2. The summed E-state index contributed by atoms with van der Waals surface area (Å²) in [5.74, 6) is -2.51. The van der Waals surface area contributed by atoms with Crippen molar-refractivity contribution in [3.63, 3.8) is 0 Å². The Morgan fingerprint density at radius 1 is 0.562 bits per heavy atom. The van der Waals surface area contributed by atoms with Crippen molar-refractivity contribution in [2.75, 3.05) is 65.7 Å². The third-order valence-electron chi connectivity index (χ3n) is 10.8. The Hall–Kier alpha value is -5.74. The molecule has 0 spiro atoms. The van der Waals surface area contributed by atoms with Crippen molar-refractivity contribution in [3.8, 4) is 0 Å². The molecule has 340 valence electrons. The number of para-hydroxylation sites is 2. The van der Waals surface area contributed by atoms with E-state index in [1.807, 2.05) is 12.1 Å². The Bertz CT molecular complexity index is 2230. The summed E-state index contributed by atoms with van der Waals surface area (Å²) in [5.41, 5.74) is 6.32. The van der Waals surface area contributed by atoms with Crippen LogP contribution in [0.2, 0.25) is 0 Å². The van der Waals surface area contributed by atoms with E-state index in [-0.39, 0.29) is 11.2 Å². The molecule has 2 fully saturated rings. The fraction of sp³-hybridized carbons (Fsp3) is 0.400. The standard InChI is InChI=1S/2C23H29N3O2.C4H4O4/c2*1-23(2,18-25-12-14-27-15-13-25)28-17-21-20-10-6-7-11-22(20)26(24-21)16-19-8-4-3-5-9-19;5-3(6)1-2-4(7)8/h2*3-11H,12-18H2,1-2H3;1-2H,(H,5,6)(H,7,8)/b;;2-1-. The molecule has 4 heterocycles. The average Bonchev–Trinajstić information content (AvgIpc) is 3.83. The first-order valence-electron chi connectivity index (χ1n) is 21.8. The van der Waals surface area contributed by atoms with E-state index in [1.165, 1.54) is 21.9 Å². The molecule has 0 saturated carbocycles. The number of carboxylic acid groups (broad SMARTS) is 2. The molecule has 2 aliphatic rings. The van der Waals surface area contributed by atoms with Gasteiger partial charge in [0.25, 0.3) is 0 Å². The van der Waals surface area contributed by atoms with Gasteiger partial charge in [0, 0.05) is 62.2 Å². The molecule has 14 heteroatoms. The van der Waals surface area contributed by atoms with Crippen LogP contribution in [0.15, 0.2) is 121 Å². The summed E-state index contributed by atoms with van der Waals surface area (Å²) in [6.07, 6.45) is 1.12. The van der Waals surface area contributed by atoms with Crippen molar-refractivity contribution in [1.82, 2.24) is 29.4 Å². The molecule has 2 saturated heterocycles. The summed E-state index contributed by atoms with van der Waals surface area (Å²) < 4.78 is 27.7. The van der Waals surface area contributed by atoms with Crippen LogP contribution >= 0.6 is 0 Å². The predicted octanol–water partition coefficient (Wildman–Crippen LogP) is 7.14. The van der Waals surface area contributed by atoms with Crippen molar-refractivity contribution < 1.29 is 38.7 Å². The smallest absolute Gasteiger partial charge is 0.328 e. The summed E-state index contributed by atoms with van der Waals surface area (Å²) in [5, 5.41) is 27.7. The number of hydrogen-bond acceptors (Lipinski definition) is 10. The Labute approximate surface area is 375 Å². The van der Waals surface area contributed by atoms with Gasteiger partial charge in [-0.3, -0.25) is 19.2 Å². The molecular formula is C50H62N6O8. The number of rotatable bonds is 16. The molecular weight excluding hydrogens is 813 g/mol. The maximum Gasteiger partial charge on any atom is 0.328 e. The number of aromatic nitrogens is 4. The highest BCUT2D eigenvalue weighted by Gasteiger charge is 2.26. The highest BCUT2D eigenvalue weighted by molar-refractivity contribution is 5.89. The minimum atomic E-state index is -1.26. The summed E-state index contributed by atoms with van der Waals surface area (Å²) in [4.78, 5) is 23.9. The first-order valence-corrected chi connectivity index (χ1v) is 21.8. The van der Waals surface area contributed by atoms with Crippen LogP contribution in [0, 0.1) is 0 Å². The van der Waals surface area contributed by atoms with E-state index >= 15 is 0 Å². The first kappa shape index (κ1) is 47.7. The van der Waals surface area contributed by atoms with Gasteiger partial charge in [-0.2, -0.15) is 10.2 Å². The third kappa shape index (κ3) is 14.9. The number of carboxylic acids is 2. The van der Waals surface area contributed by atoms with Gasteiger partial charge in [0.2, 0.25) is 0 Å². The van der Waals surface area contributed by atoms with Crippen molar-refractivity contribution in [2.24, 2.45) is 0 Å². The van der Waals surface area contributed by atoms with Crippen molar-refractivity contribution in [3.05, 3.63) is 144 Å². The van der Waals surface area contributed by atoms with Gasteiger partial charge in [0.15, 0.2) is 0 Å². The highest BCUT2D eigenvalue weighted by atomic mass is 16.5. The van der Waals surface area contributed by atoms with Gasteiger partial charge in [0.05, 0.1) is 86.4 Å². The maximum atomic E-state index is 9.55. The molecule has 6 aromatic rings. The molecule has 0 unspecified atom stereocenters. The van der Waals surface area contributed by atoms with E-state index in [4.69, 9.17) is 39.4 Å². The number of aliphatic carboxylic acids is 2.